The highest BCUT2D eigenvalue weighted by Gasteiger charge is 2.12. The molecule has 4 nitrogen and oxygen atoms in total. The van der Waals surface area contributed by atoms with Crippen LogP contribution in [0.1, 0.15) is 30.9 Å². The quantitative estimate of drug-likeness (QED) is 0.679. The lowest BCUT2D eigenvalue weighted by molar-refractivity contribution is 0.252. The first-order valence-electron chi connectivity index (χ1n) is 7.40. The Bertz CT molecular complexity index is 652. The SMILES string of the molecule is CC(C)c1cc(Br)c(NC(=O)NCCc2cccnc2)c(Br)c1. The molecule has 0 saturated heterocycles. The van der Waals surface area contributed by atoms with E-state index in [0.717, 1.165) is 26.6 Å². The van der Waals surface area contributed by atoms with Gasteiger partial charge in [0.05, 0.1) is 5.69 Å². The van der Waals surface area contributed by atoms with Crippen LogP contribution in [0, 0.1) is 0 Å². The number of hydrogen-bond donors (Lipinski definition) is 2. The number of rotatable bonds is 5. The molecule has 122 valence electrons. The van der Waals surface area contributed by atoms with Gasteiger partial charge in [0.1, 0.15) is 0 Å². The molecule has 2 rings (SSSR count). The van der Waals surface area contributed by atoms with Crippen molar-refractivity contribution in [2.24, 2.45) is 0 Å². The molecular weight excluding hydrogens is 422 g/mol. The maximum Gasteiger partial charge on any atom is 0.319 e. The number of carbonyl (C=O) groups excluding carboxylic acids is 1. The van der Waals surface area contributed by atoms with Crippen molar-refractivity contribution in [1.29, 1.82) is 0 Å². The number of hydrogen-bond acceptors (Lipinski definition) is 2. The largest absolute Gasteiger partial charge is 0.338 e. The van der Waals surface area contributed by atoms with Gasteiger partial charge < -0.3 is 10.6 Å². The van der Waals surface area contributed by atoms with E-state index < -0.39 is 0 Å². The van der Waals surface area contributed by atoms with Gasteiger partial charge in [0.25, 0.3) is 0 Å². The summed E-state index contributed by atoms with van der Waals surface area (Å²) in [4.78, 5) is 16.1. The number of anilines is 1. The summed E-state index contributed by atoms with van der Waals surface area (Å²) < 4.78 is 1.72. The lowest BCUT2D eigenvalue weighted by Crippen LogP contribution is -2.30. The maximum atomic E-state index is 12.0. The van der Waals surface area contributed by atoms with Gasteiger partial charge >= 0.3 is 6.03 Å². The third kappa shape index (κ3) is 5.32. The monoisotopic (exact) mass is 439 g/mol. The van der Waals surface area contributed by atoms with Gasteiger partial charge in [-0.1, -0.05) is 19.9 Å². The van der Waals surface area contributed by atoms with E-state index in [0.29, 0.717) is 12.5 Å². The molecule has 0 saturated carbocycles. The molecule has 2 amide bonds. The van der Waals surface area contributed by atoms with Crippen molar-refractivity contribution in [2.45, 2.75) is 26.2 Å². The van der Waals surface area contributed by atoms with Crippen LogP contribution < -0.4 is 10.6 Å². The molecule has 0 fully saturated rings. The van der Waals surface area contributed by atoms with Crippen molar-refractivity contribution in [3.05, 3.63) is 56.7 Å². The summed E-state index contributed by atoms with van der Waals surface area (Å²) in [6.07, 6.45) is 4.28. The Labute approximate surface area is 153 Å². The van der Waals surface area contributed by atoms with Crippen LogP contribution in [0.2, 0.25) is 0 Å². The predicted octanol–water partition coefficient (Wildman–Crippen LogP) is 5.09. The third-order valence-electron chi connectivity index (χ3n) is 3.39. The van der Waals surface area contributed by atoms with E-state index in [1.807, 2.05) is 24.3 Å². The van der Waals surface area contributed by atoms with Crippen LogP contribution >= 0.6 is 31.9 Å². The Balaban J connectivity index is 1.92. The third-order valence-corrected chi connectivity index (χ3v) is 4.64. The average Bonchev–Trinajstić information content (AvgIpc) is 2.51. The molecule has 1 aromatic carbocycles. The van der Waals surface area contributed by atoms with Gasteiger partial charge in [-0.25, -0.2) is 4.79 Å². The van der Waals surface area contributed by atoms with Gasteiger partial charge in [0, 0.05) is 27.9 Å². The number of pyridine rings is 1. The molecule has 2 aromatic rings. The van der Waals surface area contributed by atoms with Gasteiger partial charge in [-0.05, 0) is 73.5 Å². The van der Waals surface area contributed by atoms with E-state index >= 15 is 0 Å². The second kappa shape index (κ2) is 8.45. The summed E-state index contributed by atoms with van der Waals surface area (Å²) in [6.45, 7) is 4.82. The highest BCUT2D eigenvalue weighted by Crippen LogP contribution is 2.34. The smallest absolute Gasteiger partial charge is 0.319 e. The topological polar surface area (TPSA) is 54.0 Å². The molecule has 0 spiro atoms. The number of benzene rings is 1. The van der Waals surface area contributed by atoms with Crippen LogP contribution in [0.4, 0.5) is 10.5 Å². The normalized spacial score (nSPS) is 10.7. The molecule has 1 aromatic heterocycles. The van der Waals surface area contributed by atoms with E-state index in [4.69, 9.17) is 0 Å². The second-order valence-electron chi connectivity index (χ2n) is 5.51. The molecule has 1 heterocycles. The molecular formula is C17H19Br2N3O. The molecule has 0 aliphatic heterocycles. The zero-order chi connectivity index (χ0) is 16.8. The van der Waals surface area contributed by atoms with Crippen LogP contribution in [0.3, 0.4) is 0 Å². The van der Waals surface area contributed by atoms with Crippen molar-refractivity contribution in [2.75, 3.05) is 11.9 Å². The van der Waals surface area contributed by atoms with Gasteiger partial charge in [0.2, 0.25) is 0 Å². The predicted molar refractivity (Wildman–Crippen MR) is 101 cm³/mol. The fraction of sp³-hybridized carbons (Fsp3) is 0.294. The van der Waals surface area contributed by atoms with Crippen molar-refractivity contribution in [3.8, 4) is 0 Å². The summed E-state index contributed by atoms with van der Waals surface area (Å²) in [5.74, 6) is 0.421. The number of carbonyl (C=O) groups is 1. The Morgan fingerprint density at radius 2 is 1.96 bits per heavy atom. The summed E-state index contributed by atoms with van der Waals surface area (Å²) >= 11 is 7.04. The van der Waals surface area contributed by atoms with Crippen LogP contribution in [-0.4, -0.2) is 17.6 Å². The molecule has 0 atom stereocenters. The number of nitrogens with zero attached hydrogens (tertiary/aromatic N) is 1. The number of aromatic nitrogens is 1. The number of halogens is 2. The summed E-state index contributed by atoms with van der Waals surface area (Å²) in [6, 6.07) is 7.71. The van der Waals surface area contributed by atoms with Crippen LogP contribution in [0.25, 0.3) is 0 Å². The lowest BCUT2D eigenvalue weighted by atomic mass is 10.0. The van der Waals surface area contributed by atoms with E-state index in [2.05, 4.69) is 61.3 Å². The Morgan fingerprint density at radius 3 is 2.52 bits per heavy atom. The summed E-state index contributed by atoms with van der Waals surface area (Å²) in [5, 5.41) is 5.72. The highest BCUT2D eigenvalue weighted by molar-refractivity contribution is 9.11. The van der Waals surface area contributed by atoms with Gasteiger partial charge in [0.15, 0.2) is 0 Å². The minimum Gasteiger partial charge on any atom is -0.338 e. The standard InChI is InChI=1S/C17H19Br2N3O/c1-11(2)13-8-14(18)16(15(19)9-13)22-17(23)21-7-5-12-4-3-6-20-10-12/h3-4,6,8-11H,5,7H2,1-2H3,(H2,21,22,23). The van der Waals surface area contributed by atoms with Crippen molar-refractivity contribution in [1.82, 2.24) is 10.3 Å². The lowest BCUT2D eigenvalue weighted by Gasteiger charge is -2.14. The first-order chi connectivity index (χ1) is 11.0. The van der Waals surface area contributed by atoms with Crippen LogP contribution in [-0.2, 0) is 6.42 Å². The van der Waals surface area contributed by atoms with Gasteiger partial charge in [-0.3, -0.25) is 4.98 Å². The first-order valence-corrected chi connectivity index (χ1v) is 8.98. The van der Waals surface area contributed by atoms with Crippen LogP contribution in [0.15, 0.2) is 45.6 Å². The zero-order valence-corrected chi connectivity index (χ0v) is 16.2. The Hall–Kier alpha value is -1.40. The Morgan fingerprint density at radius 1 is 1.26 bits per heavy atom. The maximum absolute atomic E-state index is 12.0. The van der Waals surface area contributed by atoms with Crippen molar-refractivity contribution in [3.63, 3.8) is 0 Å². The van der Waals surface area contributed by atoms with Crippen molar-refractivity contribution < 1.29 is 4.79 Å². The molecule has 0 aliphatic carbocycles. The molecule has 0 radical (unpaired) electrons. The summed E-state index contributed by atoms with van der Waals surface area (Å²) in [7, 11) is 0. The molecule has 2 N–H and O–H groups in total. The van der Waals surface area contributed by atoms with E-state index in [9.17, 15) is 4.79 Å². The molecule has 0 unspecified atom stereocenters. The van der Waals surface area contributed by atoms with Gasteiger partial charge in [-0.2, -0.15) is 0 Å². The van der Waals surface area contributed by atoms with Crippen LogP contribution in [0.5, 0.6) is 0 Å². The Kier molecular flexibility index (Phi) is 6.59. The minimum atomic E-state index is -0.229. The highest BCUT2D eigenvalue weighted by atomic mass is 79.9. The fourth-order valence-electron chi connectivity index (χ4n) is 2.07. The number of urea groups is 1. The molecule has 23 heavy (non-hydrogen) atoms. The minimum absolute atomic E-state index is 0.229. The second-order valence-corrected chi connectivity index (χ2v) is 7.22. The van der Waals surface area contributed by atoms with Crippen molar-refractivity contribution >= 4 is 43.6 Å². The molecule has 6 heteroatoms. The molecule has 0 aliphatic rings. The van der Waals surface area contributed by atoms with E-state index in [1.165, 1.54) is 5.56 Å². The van der Waals surface area contributed by atoms with E-state index in [1.54, 1.807) is 12.4 Å². The number of amides is 2. The first kappa shape index (κ1) is 17.9. The fourth-order valence-corrected chi connectivity index (χ4v) is 3.49. The van der Waals surface area contributed by atoms with E-state index in [-0.39, 0.29) is 6.03 Å². The summed E-state index contributed by atoms with van der Waals surface area (Å²) in [5.41, 5.74) is 3.02. The average molecular weight is 441 g/mol. The van der Waals surface area contributed by atoms with Gasteiger partial charge in [-0.15, -0.1) is 0 Å². The number of nitrogens with one attached hydrogen (secondary N) is 2. The molecule has 0 bridgehead atoms. The zero-order valence-electron chi connectivity index (χ0n) is 13.1.